The second kappa shape index (κ2) is 10.7. The van der Waals surface area contributed by atoms with Crippen LogP contribution in [0, 0.1) is 6.92 Å². The van der Waals surface area contributed by atoms with Crippen LogP contribution in [0.3, 0.4) is 0 Å². The highest BCUT2D eigenvalue weighted by molar-refractivity contribution is 5.94. The van der Waals surface area contributed by atoms with Crippen LogP contribution in [0.1, 0.15) is 24.5 Å². The van der Waals surface area contributed by atoms with Crippen LogP contribution in [0.5, 0.6) is 11.5 Å². The summed E-state index contributed by atoms with van der Waals surface area (Å²) in [6.07, 6.45) is 0.316. The van der Waals surface area contributed by atoms with Crippen LogP contribution in [0.2, 0.25) is 0 Å². The number of ether oxygens (including phenoxy) is 2. The van der Waals surface area contributed by atoms with Gasteiger partial charge in [0, 0.05) is 41.7 Å². The maximum Gasteiger partial charge on any atom is 0.339 e. The Morgan fingerprint density at radius 2 is 1.79 bits per heavy atom. The molecule has 3 rings (SSSR count). The molecule has 0 fully saturated rings. The van der Waals surface area contributed by atoms with E-state index >= 15 is 0 Å². The Kier molecular flexibility index (Phi) is 7.71. The standard InChI is InChI=1S/C25H28N2O6/c1-5-27(15-23(28)26-17-7-6-8-18(13-17)31-3)24(29)12-11-21-16(2)20-10-9-19(32-4)14-22(20)33-25(21)30/h6-10,13-14H,5,11-12,15H2,1-4H3,(H,26,28). The quantitative estimate of drug-likeness (QED) is 0.499. The zero-order chi connectivity index (χ0) is 24.0. The van der Waals surface area contributed by atoms with E-state index in [1.807, 2.05) is 13.0 Å². The van der Waals surface area contributed by atoms with E-state index in [0.717, 1.165) is 10.9 Å². The molecule has 0 spiro atoms. The number of nitrogens with zero attached hydrogens (tertiary/aromatic N) is 1. The molecule has 2 amide bonds. The first-order valence-corrected chi connectivity index (χ1v) is 10.7. The summed E-state index contributed by atoms with van der Waals surface area (Å²) >= 11 is 0. The number of nitrogens with one attached hydrogen (secondary N) is 1. The molecule has 3 aromatic rings. The number of carbonyl (C=O) groups excluding carboxylic acids is 2. The van der Waals surface area contributed by atoms with E-state index in [2.05, 4.69) is 5.32 Å². The number of carbonyl (C=O) groups is 2. The monoisotopic (exact) mass is 452 g/mol. The van der Waals surface area contributed by atoms with Crippen molar-refractivity contribution in [3.63, 3.8) is 0 Å². The van der Waals surface area contributed by atoms with Crippen molar-refractivity contribution in [3.05, 3.63) is 64.0 Å². The first-order chi connectivity index (χ1) is 15.9. The maximum atomic E-state index is 12.8. The number of anilines is 1. The number of hydrogen-bond acceptors (Lipinski definition) is 6. The summed E-state index contributed by atoms with van der Waals surface area (Å²) in [5, 5.41) is 3.56. The largest absolute Gasteiger partial charge is 0.497 e. The Morgan fingerprint density at radius 3 is 2.48 bits per heavy atom. The van der Waals surface area contributed by atoms with Crippen molar-refractivity contribution in [2.45, 2.75) is 26.7 Å². The van der Waals surface area contributed by atoms with E-state index in [1.54, 1.807) is 57.5 Å². The minimum absolute atomic E-state index is 0.0857. The van der Waals surface area contributed by atoms with Crippen LogP contribution in [0.25, 0.3) is 11.0 Å². The van der Waals surface area contributed by atoms with Crippen LogP contribution in [-0.4, -0.2) is 44.0 Å². The van der Waals surface area contributed by atoms with Gasteiger partial charge < -0.3 is 24.1 Å². The average molecular weight is 453 g/mol. The number of aryl methyl sites for hydroxylation is 1. The van der Waals surface area contributed by atoms with Gasteiger partial charge >= 0.3 is 5.63 Å². The fourth-order valence-electron chi connectivity index (χ4n) is 3.63. The predicted octanol–water partition coefficient (Wildman–Crippen LogP) is 3.54. The molecule has 0 bridgehead atoms. The van der Waals surface area contributed by atoms with Gasteiger partial charge in [-0.1, -0.05) is 6.07 Å². The minimum atomic E-state index is -0.472. The van der Waals surface area contributed by atoms with Crippen LogP contribution in [-0.2, 0) is 16.0 Å². The van der Waals surface area contributed by atoms with E-state index in [4.69, 9.17) is 13.9 Å². The fourth-order valence-corrected chi connectivity index (χ4v) is 3.63. The molecule has 0 aliphatic rings. The van der Waals surface area contributed by atoms with Gasteiger partial charge in [0.1, 0.15) is 17.1 Å². The molecule has 8 heteroatoms. The van der Waals surface area contributed by atoms with Crippen LogP contribution in [0.15, 0.2) is 51.7 Å². The predicted molar refractivity (Wildman–Crippen MR) is 126 cm³/mol. The lowest BCUT2D eigenvalue weighted by Gasteiger charge is -2.20. The fraction of sp³-hybridized carbons (Fsp3) is 0.320. The van der Waals surface area contributed by atoms with Gasteiger partial charge in [-0.25, -0.2) is 4.79 Å². The van der Waals surface area contributed by atoms with Gasteiger partial charge in [-0.15, -0.1) is 0 Å². The Balaban J connectivity index is 1.66. The minimum Gasteiger partial charge on any atom is -0.497 e. The van der Waals surface area contributed by atoms with Gasteiger partial charge in [-0.2, -0.15) is 0 Å². The summed E-state index contributed by atoms with van der Waals surface area (Å²) < 4.78 is 15.8. The molecule has 1 N–H and O–H groups in total. The number of fused-ring (bicyclic) bond motifs is 1. The zero-order valence-electron chi connectivity index (χ0n) is 19.3. The lowest BCUT2D eigenvalue weighted by molar-refractivity contribution is -0.134. The Morgan fingerprint density at radius 1 is 1.06 bits per heavy atom. The zero-order valence-corrected chi connectivity index (χ0v) is 19.3. The smallest absolute Gasteiger partial charge is 0.339 e. The van der Waals surface area contributed by atoms with Crippen molar-refractivity contribution in [2.75, 3.05) is 32.6 Å². The third-order valence-electron chi connectivity index (χ3n) is 5.51. The lowest BCUT2D eigenvalue weighted by atomic mass is 10.0. The first kappa shape index (κ1) is 23.8. The second-order valence-electron chi connectivity index (χ2n) is 7.54. The molecule has 8 nitrogen and oxygen atoms in total. The normalized spacial score (nSPS) is 10.7. The Labute approximate surface area is 192 Å². The van der Waals surface area contributed by atoms with Crippen LogP contribution < -0.4 is 20.4 Å². The number of rotatable bonds is 9. The number of benzene rings is 2. The number of likely N-dealkylation sites (N-methyl/N-ethyl adjacent to an activating group) is 1. The number of hydrogen-bond donors (Lipinski definition) is 1. The summed E-state index contributed by atoms with van der Waals surface area (Å²) in [6, 6.07) is 12.3. The summed E-state index contributed by atoms with van der Waals surface area (Å²) in [4.78, 5) is 39.2. The van der Waals surface area contributed by atoms with E-state index in [1.165, 1.54) is 4.90 Å². The third-order valence-corrected chi connectivity index (χ3v) is 5.51. The lowest BCUT2D eigenvalue weighted by Crippen LogP contribution is -2.38. The molecular weight excluding hydrogens is 424 g/mol. The van der Waals surface area contributed by atoms with Gasteiger partial charge in [0.15, 0.2) is 0 Å². The van der Waals surface area contributed by atoms with Crippen LogP contribution in [0.4, 0.5) is 5.69 Å². The van der Waals surface area contributed by atoms with Gasteiger partial charge in [-0.3, -0.25) is 9.59 Å². The Hall–Kier alpha value is -3.81. The molecule has 0 radical (unpaired) electrons. The highest BCUT2D eigenvalue weighted by atomic mass is 16.5. The highest BCUT2D eigenvalue weighted by Gasteiger charge is 2.18. The molecule has 0 atom stereocenters. The SMILES string of the molecule is CCN(CC(=O)Nc1cccc(OC)c1)C(=O)CCc1c(C)c2ccc(OC)cc2oc1=O. The molecular formula is C25H28N2O6. The summed E-state index contributed by atoms with van der Waals surface area (Å²) in [5.41, 5.74) is 1.79. The molecule has 0 aliphatic carbocycles. The van der Waals surface area contributed by atoms with Crippen molar-refractivity contribution < 1.29 is 23.5 Å². The Bertz CT molecular complexity index is 1220. The average Bonchev–Trinajstić information content (AvgIpc) is 2.81. The van der Waals surface area contributed by atoms with Crippen LogP contribution >= 0.6 is 0 Å². The molecule has 0 unspecified atom stereocenters. The molecule has 1 heterocycles. The van der Waals surface area contributed by atoms with Crippen molar-refractivity contribution in [3.8, 4) is 11.5 Å². The van der Waals surface area contributed by atoms with Crippen molar-refractivity contribution in [1.29, 1.82) is 0 Å². The molecule has 0 aliphatic heterocycles. The van der Waals surface area contributed by atoms with Crippen molar-refractivity contribution in [1.82, 2.24) is 4.90 Å². The number of amides is 2. The van der Waals surface area contributed by atoms with Crippen molar-refractivity contribution >= 4 is 28.5 Å². The molecule has 1 aromatic heterocycles. The summed E-state index contributed by atoms with van der Waals surface area (Å²) in [5.74, 6) is 0.693. The van der Waals surface area contributed by atoms with E-state index in [9.17, 15) is 14.4 Å². The highest BCUT2D eigenvalue weighted by Crippen LogP contribution is 2.24. The molecule has 33 heavy (non-hydrogen) atoms. The van der Waals surface area contributed by atoms with Gasteiger partial charge in [0.25, 0.3) is 0 Å². The first-order valence-electron chi connectivity index (χ1n) is 10.7. The van der Waals surface area contributed by atoms with Gasteiger partial charge in [-0.05, 0) is 50.1 Å². The van der Waals surface area contributed by atoms with E-state index < -0.39 is 5.63 Å². The topological polar surface area (TPSA) is 98.1 Å². The molecule has 0 saturated heterocycles. The third kappa shape index (κ3) is 5.71. The molecule has 0 saturated carbocycles. The van der Waals surface area contributed by atoms with Gasteiger partial charge in [0.05, 0.1) is 20.8 Å². The maximum absolute atomic E-state index is 12.8. The van der Waals surface area contributed by atoms with E-state index in [-0.39, 0.29) is 31.2 Å². The second-order valence-corrected chi connectivity index (χ2v) is 7.54. The molecule has 174 valence electrons. The van der Waals surface area contributed by atoms with E-state index in [0.29, 0.717) is 34.9 Å². The summed E-state index contributed by atoms with van der Waals surface area (Å²) in [6.45, 7) is 3.93. The van der Waals surface area contributed by atoms with Crippen molar-refractivity contribution in [2.24, 2.45) is 0 Å². The summed E-state index contributed by atoms with van der Waals surface area (Å²) in [7, 11) is 3.09. The van der Waals surface area contributed by atoms with Gasteiger partial charge in [0.2, 0.25) is 11.8 Å². The molecule has 2 aromatic carbocycles. The number of methoxy groups -OCH3 is 2.